The molecule has 0 saturated carbocycles. The van der Waals surface area contributed by atoms with Gasteiger partial charge in [0.2, 0.25) is 0 Å². The molecule has 4 nitrogen and oxygen atoms in total. The molecule has 0 aromatic heterocycles. The molecule has 0 unspecified atom stereocenters. The van der Waals surface area contributed by atoms with Crippen LogP contribution >= 0.6 is 0 Å². The highest BCUT2D eigenvalue weighted by Crippen LogP contribution is 2.23. The normalized spacial score (nSPS) is 24.2. The van der Waals surface area contributed by atoms with Crippen molar-refractivity contribution < 1.29 is 19.0 Å². The second kappa shape index (κ2) is 8.71. The number of esters is 1. The third-order valence-corrected chi connectivity index (χ3v) is 3.82. The van der Waals surface area contributed by atoms with Gasteiger partial charge in [-0.25, -0.2) is 4.79 Å². The molecule has 2 rings (SSSR count). The van der Waals surface area contributed by atoms with Crippen molar-refractivity contribution >= 4 is 5.97 Å². The van der Waals surface area contributed by atoms with Crippen LogP contribution in [-0.2, 0) is 25.6 Å². The molecule has 0 fully saturated rings. The molecule has 1 aliphatic heterocycles. The van der Waals surface area contributed by atoms with Crippen LogP contribution in [0.15, 0.2) is 42.5 Å². The van der Waals surface area contributed by atoms with Gasteiger partial charge >= 0.3 is 5.97 Å². The highest BCUT2D eigenvalue weighted by Gasteiger charge is 2.28. The minimum atomic E-state index is -0.573. The molecule has 1 aromatic rings. The summed E-state index contributed by atoms with van der Waals surface area (Å²) in [7, 11) is 1.38. The van der Waals surface area contributed by atoms with Crippen LogP contribution in [0.1, 0.15) is 25.3 Å². The molecule has 4 heteroatoms. The Morgan fingerprint density at radius 3 is 2.73 bits per heavy atom. The first kappa shape index (κ1) is 16.7. The predicted octanol–water partition coefficient (Wildman–Crippen LogP) is 3.12. The van der Waals surface area contributed by atoms with Crippen molar-refractivity contribution in [2.45, 2.75) is 38.6 Å². The molecular weight excluding hydrogens is 280 g/mol. The highest BCUT2D eigenvalue weighted by atomic mass is 16.6. The number of carbonyl (C=O) groups is 1. The summed E-state index contributed by atoms with van der Waals surface area (Å²) in [4.78, 5) is 11.5. The number of hydrogen-bond donors (Lipinski definition) is 0. The van der Waals surface area contributed by atoms with Crippen LogP contribution < -0.4 is 0 Å². The summed E-state index contributed by atoms with van der Waals surface area (Å²) in [5.41, 5.74) is 1.18. The van der Waals surface area contributed by atoms with E-state index < -0.39 is 6.10 Å². The zero-order valence-electron chi connectivity index (χ0n) is 13.2. The molecule has 120 valence electrons. The van der Waals surface area contributed by atoms with Crippen LogP contribution in [0.3, 0.4) is 0 Å². The second-order valence-corrected chi connectivity index (χ2v) is 5.54. The van der Waals surface area contributed by atoms with Gasteiger partial charge in [-0.15, -0.1) is 0 Å². The minimum absolute atomic E-state index is 0.0365. The maximum Gasteiger partial charge on any atom is 0.339 e. The average molecular weight is 304 g/mol. The summed E-state index contributed by atoms with van der Waals surface area (Å²) < 4.78 is 16.2. The third kappa shape index (κ3) is 4.97. The summed E-state index contributed by atoms with van der Waals surface area (Å²) in [6, 6.07) is 10.1. The minimum Gasteiger partial charge on any atom is -0.467 e. The van der Waals surface area contributed by atoms with Gasteiger partial charge in [0.1, 0.15) is 0 Å². The molecule has 0 bridgehead atoms. The topological polar surface area (TPSA) is 44.8 Å². The summed E-state index contributed by atoms with van der Waals surface area (Å²) >= 11 is 0. The summed E-state index contributed by atoms with van der Waals surface area (Å²) in [5, 5.41) is 0. The van der Waals surface area contributed by atoms with Gasteiger partial charge < -0.3 is 14.2 Å². The first-order chi connectivity index (χ1) is 10.7. The molecule has 0 spiro atoms. The van der Waals surface area contributed by atoms with Crippen molar-refractivity contribution in [2.24, 2.45) is 5.92 Å². The van der Waals surface area contributed by atoms with E-state index in [1.807, 2.05) is 24.3 Å². The van der Waals surface area contributed by atoms with E-state index in [0.717, 1.165) is 12.8 Å². The van der Waals surface area contributed by atoms with Crippen LogP contribution in [0.25, 0.3) is 0 Å². The van der Waals surface area contributed by atoms with Gasteiger partial charge in [-0.05, 0) is 24.5 Å². The molecule has 1 heterocycles. The Labute approximate surface area is 132 Å². The molecule has 0 radical (unpaired) electrons. The maximum absolute atomic E-state index is 11.5. The standard InChI is InChI=1S/C18H24O4/c1-14-10-11-17(18(19)20-2)22-16(14)9-6-12-21-13-15-7-4-3-5-8-15/h3-5,7-8,10-11,14,16-17H,6,9,12-13H2,1-2H3/t14-,16-,17+/m1/s1. The molecule has 0 N–H and O–H groups in total. The Morgan fingerprint density at radius 2 is 2.00 bits per heavy atom. The van der Waals surface area contributed by atoms with E-state index in [1.165, 1.54) is 12.7 Å². The van der Waals surface area contributed by atoms with E-state index in [9.17, 15) is 4.79 Å². The van der Waals surface area contributed by atoms with Crippen molar-refractivity contribution in [3.63, 3.8) is 0 Å². The highest BCUT2D eigenvalue weighted by molar-refractivity contribution is 5.76. The molecular formula is C18H24O4. The number of hydrogen-bond acceptors (Lipinski definition) is 4. The first-order valence-corrected chi connectivity index (χ1v) is 7.74. The van der Waals surface area contributed by atoms with E-state index in [-0.39, 0.29) is 12.1 Å². The smallest absolute Gasteiger partial charge is 0.339 e. The van der Waals surface area contributed by atoms with Gasteiger partial charge in [0, 0.05) is 12.5 Å². The zero-order valence-corrected chi connectivity index (χ0v) is 13.2. The molecule has 1 aromatic carbocycles. The van der Waals surface area contributed by atoms with Crippen molar-refractivity contribution in [1.29, 1.82) is 0 Å². The van der Waals surface area contributed by atoms with Crippen LogP contribution in [-0.4, -0.2) is 31.9 Å². The van der Waals surface area contributed by atoms with Gasteiger partial charge in [0.15, 0.2) is 6.10 Å². The molecule has 0 aliphatic carbocycles. The molecule has 22 heavy (non-hydrogen) atoms. The van der Waals surface area contributed by atoms with Crippen molar-refractivity contribution in [2.75, 3.05) is 13.7 Å². The van der Waals surface area contributed by atoms with Crippen molar-refractivity contribution in [3.8, 4) is 0 Å². The maximum atomic E-state index is 11.5. The molecule has 3 atom stereocenters. The number of carbonyl (C=O) groups excluding carboxylic acids is 1. The third-order valence-electron chi connectivity index (χ3n) is 3.82. The Morgan fingerprint density at radius 1 is 1.23 bits per heavy atom. The first-order valence-electron chi connectivity index (χ1n) is 7.74. The SMILES string of the molecule is COC(=O)[C@@H]1C=C[C@@H](C)[C@@H](CCCOCc2ccccc2)O1. The summed E-state index contributed by atoms with van der Waals surface area (Å²) in [5.74, 6) is -0.0384. The van der Waals surface area contributed by atoms with E-state index >= 15 is 0 Å². The van der Waals surface area contributed by atoms with Crippen LogP contribution in [0.4, 0.5) is 0 Å². The van der Waals surface area contributed by atoms with Crippen LogP contribution in [0.5, 0.6) is 0 Å². The van der Waals surface area contributed by atoms with Crippen molar-refractivity contribution in [1.82, 2.24) is 0 Å². The Bertz CT molecular complexity index is 483. The molecule has 1 aliphatic rings. The summed E-state index contributed by atoms with van der Waals surface area (Å²) in [6.45, 7) is 3.42. The zero-order chi connectivity index (χ0) is 15.8. The fourth-order valence-electron chi connectivity index (χ4n) is 2.49. The number of rotatable bonds is 7. The Kier molecular flexibility index (Phi) is 6.62. The lowest BCUT2D eigenvalue weighted by Crippen LogP contribution is -2.35. The fraction of sp³-hybridized carbons (Fsp3) is 0.500. The fourth-order valence-corrected chi connectivity index (χ4v) is 2.49. The monoisotopic (exact) mass is 304 g/mol. The number of ether oxygens (including phenoxy) is 3. The lowest BCUT2D eigenvalue weighted by atomic mass is 9.96. The Balaban J connectivity index is 1.68. The van der Waals surface area contributed by atoms with E-state index in [1.54, 1.807) is 6.08 Å². The van der Waals surface area contributed by atoms with Gasteiger partial charge in [-0.2, -0.15) is 0 Å². The van der Waals surface area contributed by atoms with E-state index in [0.29, 0.717) is 19.1 Å². The lowest BCUT2D eigenvalue weighted by Gasteiger charge is -2.29. The van der Waals surface area contributed by atoms with Gasteiger partial charge in [-0.3, -0.25) is 0 Å². The Hall–Kier alpha value is -1.65. The van der Waals surface area contributed by atoms with Gasteiger partial charge in [0.05, 0.1) is 19.8 Å². The average Bonchev–Trinajstić information content (AvgIpc) is 2.56. The van der Waals surface area contributed by atoms with Gasteiger partial charge in [-0.1, -0.05) is 43.3 Å². The van der Waals surface area contributed by atoms with Gasteiger partial charge in [0.25, 0.3) is 0 Å². The molecule has 0 amide bonds. The number of benzene rings is 1. The van der Waals surface area contributed by atoms with Crippen LogP contribution in [0, 0.1) is 5.92 Å². The van der Waals surface area contributed by atoms with E-state index in [2.05, 4.69) is 19.1 Å². The summed E-state index contributed by atoms with van der Waals surface area (Å²) in [6.07, 6.45) is 5.04. The largest absolute Gasteiger partial charge is 0.467 e. The number of methoxy groups -OCH3 is 1. The lowest BCUT2D eigenvalue weighted by molar-refractivity contribution is -0.156. The quantitative estimate of drug-likeness (QED) is 0.441. The second-order valence-electron chi connectivity index (χ2n) is 5.54. The van der Waals surface area contributed by atoms with Crippen molar-refractivity contribution in [3.05, 3.63) is 48.0 Å². The molecule has 0 saturated heterocycles. The van der Waals surface area contributed by atoms with E-state index in [4.69, 9.17) is 14.2 Å². The predicted molar refractivity (Wildman–Crippen MR) is 84.3 cm³/mol. The van der Waals surface area contributed by atoms with Crippen LogP contribution in [0.2, 0.25) is 0 Å².